The lowest BCUT2D eigenvalue weighted by Gasteiger charge is -2.31. The van der Waals surface area contributed by atoms with Gasteiger partial charge in [0.25, 0.3) is 0 Å². The van der Waals surface area contributed by atoms with Crippen molar-refractivity contribution < 1.29 is 18.0 Å². The number of anilines is 1. The molecule has 0 spiro atoms. The van der Waals surface area contributed by atoms with Crippen LogP contribution in [-0.2, 0) is 26.2 Å². The fourth-order valence-electron chi connectivity index (χ4n) is 3.00. The minimum atomic E-state index is -3.73. The number of carbonyl (C=O) groups is 2. The fraction of sp³-hybridized carbons (Fsp3) is 0.364. The zero-order valence-electron chi connectivity index (χ0n) is 17.9. The van der Waals surface area contributed by atoms with Gasteiger partial charge < -0.3 is 10.2 Å². The van der Waals surface area contributed by atoms with E-state index in [1.807, 2.05) is 37.3 Å². The molecule has 7 nitrogen and oxygen atoms in total. The van der Waals surface area contributed by atoms with Crippen LogP contribution in [0, 0.1) is 0 Å². The van der Waals surface area contributed by atoms with Gasteiger partial charge in [-0.1, -0.05) is 59.3 Å². The first-order valence-electron chi connectivity index (χ1n) is 9.98. The van der Waals surface area contributed by atoms with Crippen molar-refractivity contribution in [2.24, 2.45) is 0 Å². The number of amides is 2. The molecule has 0 aromatic heterocycles. The van der Waals surface area contributed by atoms with Gasteiger partial charge >= 0.3 is 0 Å². The molecule has 0 aliphatic rings. The standard InChI is InChI=1S/C22H28BrN3O4S/c1-4-13-24-22(28)17(2)25(15-18-9-6-5-7-10-18)21(27)16-26(31(3,29)30)20-12-8-11-19(23)14-20/h5-12,14,17H,4,13,15-16H2,1-3H3,(H,24,28). The van der Waals surface area contributed by atoms with E-state index < -0.39 is 28.5 Å². The molecule has 0 fully saturated rings. The van der Waals surface area contributed by atoms with Gasteiger partial charge in [-0.2, -0.15) is 0 Å². The van der Waals surface area contributed by atoms with Gasteiger partial charge in [0.2, 0.25) is 21.8 Å². The number of rotatable bonds is 10. The Balaban J connectivity index is 2.34. The minimum absolute atomic E-state index is 0.191. The second-order valence-corrected chi connectivity index (χ2v) is 10.0. The molecule has 9 heteroatoms. The van der Waals surface area contributed by atoms with Crippen LogP contribution in [-0.4, -0.2) is 50.5 Å². The fourth-order valence-corrected chi connectivity index (χ4v) is 4.23. The highest BCUT2D eigenvalue weighted by Gasteiger charge is 2.29. The van der Waals surface area contributed by atoms with E-state index in [1.165, 1.54) is 4.90 Å². The van der Waals surface area contributed by atoms with Crippen LogP contribution < -0.4 is 9.62 Å². The zero-order valence-corrected chi connectivity index (χ0v) is 20.3. The molecule has 0 heterocycles. The lowest BCUT2D eigenvalue weighted by molar-refractivity contribution is -0.139. The summed E-state index contributed by atoms with van der Waals surface area (Å²) < 4.78 is 26.7. The monoisotopic (exact) mass is 509 g/mol. The third-order valence-electron chi connectivity index (χ3n) is 4.69. The Kier molecular flexibility index (Phi) is 9.06. The molecule has 1 atom stereocenters. The van der Waals surface area contributed by atoms with E-state index in [0.29, 0.717) is 16.7 Å². The maximum Gasteiger partial charge on any atom is 0.244 e. The third-order valence-corrected chi connectivity index (χ3v) is 6.32. The predicted octanol–water partition coefficient (Wildman–Crippen LogP) is 3.16. The Morgan fingerprint density at radius 3 is 2.35 bits per heavy atom. The van der Waals surface area contributed by atoms with Crippen molar-refractivity contribution in [3.05, 3.63) is 64.6 Å². The molecule has 168 valence electrons. The molecule has 1 unspecified atom stereocenters. The lowest BCUT2D eigenvalue weighted by Crippen LogP contribution is -2.51. The van der Waals surface area contributed by atoms with E-state index in [-0.39, 0.29) is 12.5 Å². The Labute approximate surface area is 192 Å². The summed E-state index contributed by atoms with van der Waals surface area (Å²) in [5, 5.41) is 2.81. The van der Waals surface area contributed by atoms with Crippen LogP contribution >= 0.6 is 15.9 Å². The Bertz CT molecular complexity index is 999. The quantitative estimate of drug-likeness (QED) is 0.532. The molecule has 31 heavy (non-hydrogen) atoms. The molecule has 2 rings (SSSR count). The SMILES string of the molecule is CCCNC(=O)C(C)N(Cc1ccccc1)C(=O)CN(c1cccc(Br)c1)S(C)(=O)=O. The third kappa shape index (κ3) is 7.36. The smallest absolute Gasteiger partial charge is 0.244 e. The molecule has 2 amide bonds. The zero-order chi connectivity index (χ0) is 23.0. The van der Waals surface area contributed by atoms with Gasteiger partial charge in [0.1, 0.15) is 12.6 Å². The summed E-state index contributed by atoms with van der Waals surface area (Å²) in [6.45, 7) is 3.88. The Hall–Kier alpha value is -2.39. The average Bonchev–Trinajstić information content (AvgIpc) is 2.73. The van der Waals surface area contributed by atoms with Gasteiger partial charge in [-0.15, -0.1) is 0 Å². The van der Waals surface area contributed by atoms with Crippen molar-refractivity contribution in [1.29, 1.82) is 0 Å². The summed E-state index contributed by atoms with van der Waals surface area (Å²) >= 11 is 3.33. The highest BCUT2D eigenvalue weighted by atomic mass is 79.9. The van der Waals surface area contributed by atoms with Crippen molar-refractivity contribution in [2.45, 2.75) is 32.9 Å². The van der Waals surface area contributed by atoms with E-state index in [1.54, 1.807) is 31.2 Å². The second-order valence-electron chi connectivity index (χ2n) is 7.22. The molecular weight excluding hydrogens is 482 g/mol. The summed E-state index contributed by atoms with van der Waals surface area (Å²) in [7, 11) is -3.73. The first-order chi connectivity index (χ1) is 14.6. The van der Waals surface area contributed by atoms with Crippen LogP contribution in [0.4, 0.5) is 5.69 Å². The minimum Gasteiger partial charge on any atom is -0.354 e. The van der Waals surface area contributed by atoms with Gasteiger partial charge in [-0.05, 0) is 37.1 Å². The summed E-state index contributed by atoms with van der Waals surface area (Å²) in [6.07, 6.45) is 1.83. The number of carbonyl (C=O) groups excluding carboxylic acids is 2. The van der Waals surface area contributed by atoms with E-state index >= 15 is 0 Å². The first kappa shape index (κ1) is 24.9. The number of sulfonamides is 1. The highest BCUT2D eigenvalue weighted by Crippen LogP contribution is 2.23. The number of halogens is 1. The number of hydrogen-bond donors (Lipinski definition) is 1. The Morgan fingerprint density at radius 1 is 1.10 bits per heavy atom. The lowest BCUT2D eigenvalue weighted by atomic mass is 10.1. The highest BCUT2D eigenvalue weighted by molar-refractivity contribution is 9.10. The molecule has 0 radical (unpaired) electrons. The number of nitrogens with one attached hydrogen (secondary N) is 1. The largest absolute Gasteiger partial charge is 0.354 e. The first-order valence-corrected chi connectivity index (χ1v) is 12.6. The second kappa shape index (κ2) is 11.3. The molecule has 0 aliphatic carbocycles. The van der Waals surface area contributed by atoms with E-state index in [2.05, 4.69) is 21.2 Å². The molecule has 1 N–H and O–H groups in total. The van der Waals surface area contributed by atoms with E-state index in [4.69, 9.17) is 0 Å². The van der Waals surface area contributed by atoms with Crippen molar-refractivity contribution in [1.82, 2.24) is 10.2 Å². The van der Waals surface area contributed by atoms with Gasteiger partial charge in [0.15, 0.2) is 0 Å². The maximum atomic E-state index is 13.3. The van der Waals surface area contributed by atoms with Gasteiger partial charge in [-0.3, -0.25) is 13.9 Å². The molecular formula is C22H28BrN3O4S. The van der Waals surface area contributed by atoms with Gasteiger partial charge in [0, 0.05) is 17.6 Å². The molecule has 0 aliphatic heterocycles. The van der Waals surface area contributed by atoms with Gasteiger partial charge in [-0.25, -0.2) is 8.42 Å². The molecule has 2 aromatic carbocycles. The summed E-state index contributed by atoms with van der Waals surface area (Å²) in [6, 6.07) is 15.3. The molecule has 0 saturated carbocycles. The number of hydrogen-bond acceptors (Lipinski definition) is 4. The van der Waals surface area contributed by atoms with Crippen molar-refractivity contribution in [2.75, 3.05) is 23.7 Å². The number of nitrogens with zero attached hydrogens (tertiary/aromatic N) is 2. The van der Waals surface area contributed by atoms with Crippen LogP contribution in [0.1, 0.15) is 25.8 Å². The summed E-state index contributed by atoms with van der Waals surface area (Å²) in [5.74, 6) is -0.743. The van der Waals surface area contributed by atoms with Crippen LogP contribution in [0.3, 0.4) is 0 Å². The predicted molar refractivity (Wildman–Crippen MR) is 126 cm³/mol. The molecule has 0 saturated heterocycles. The van der Waals surface area contributed by atoms with Gasteiger partial charge in [0.05, 0.1) is 11.9 Å². The Morgan fingerprint density at radius 2 is 1.77 bits per heavy atom. The maximum absolute atomic E-state index is 13.3. The molecule has 0 bridgehead atoms. The van der Waals surface area contributed by atoms with E-state index in [9.17, 15) is 18.0 Å². The molecule has 2 aromatic rings. The van der Waals surface area contributed by atoms with E-state index in [0.717, 1.165) is 22.5 Å². The van der Waals surface area contributed by atoms with Crippen LogP contribution in [0.25, 0.3) is 0 Å². The summed E-state index contributed by atoms with van der Waals surface area (Å²) in [5.41, 5.74) is 1.22. The number of benzene rings is 2. The topological polar surface area (TPSA) is 86.8 Å². The van der Waals surface area contributed by atoms with Crippen molar-refractivity contribution in [3.8, 4) is 0 Å². The normalized spacial score (nSPS) is 12.1. The van der Waals surface area contributed by atoms with Crippen LogP contribution in [0.5, 0.6) is 0 Å². The van der Waals surface area contributed by atoms with Crippen molar-refractivity contribution >= 4 is 43.5 Å². The van der Waals surface area contributed by atoms with Crippen LogP contribution in [0.15, 0.2) is 59.1 Å². The average molecular weight is 510 g/mol. The summed E-state index contributed by atoms with van der Waals surface area (Å²) in [4.78, 5) is 27.3. The van der Waals surface area contributed by atoms with Crippen LogP contribution in [0.2, 0.25) is 0 Å². The van der Waals surface area contributed by atoms with Crippen molar-refractivity contribution in [3.63, 3.8) is 0 Å².